The fraction of sp³-hybridized carbons (Fsp3) is 0.684. The molecule has 0 bridgehead atoms. The first-order valence-electron chi connectivity index (χ1n) is 10.1. The van der Waals surface area contributed by atoms with Gasteiger partial charge in [-0.2, -0.15) is 4.31 Å². The fourth-order valence-electron chi connectivity index (χ4n) is 4.04. The van der Waals surface area contributed by atoms with Crippen LogP contribution in [0.5, 0.6) is 0 Å². The molecule has 0 amide bonds. The molecule has 0 spiro atoms. The van der Waals surface area contributed by atoms with Crippen LogP contribution in [-0.4, -0.2) is 56.5 Å². The number of piperidine rings is 1. The highest BCUT2D eigenvalue weighted by molar-refractivity contribution is 7.89. The molecule has 2 saturated heterocycles. The van der Waals surface area contributed by atoms with Crippen LogP contribution in [-0.2, 0) is 14.8 Å². The third kappa shape index (κ3) is 4.64. The highest BCUT2D eigenvalue weighted by atomic mass is 32.2. The van der Waals surface area contributed by atoms with Crippen LogP contribution in [0, 0.1) is 10.1 Å². The molecule has 1 aromatic carbocycles. The predicted molar refractivity (Wildman–Crippen MR) is 107 cm³/mol. The van der Waals surface area contributed by atoms with E-state index < -0.39 is 14.9 Å². The lowest BCUT2D eigenvalue weighted by Crippen LogP contribution is -2.40. The lowest BCUT2D eigenvalue weighted by molar-refractivity contribution is -0.384. The minimum absolute atomic E-state index is 0.00298. The van der Waals surface area contributed by atoms with Crippen molar-refractivity contribution in [1.29, 1.82) is 0 Å². The average Bonchev–Trinajstić information content (AvgIpc) is 2.98. The van der Waals surface area contributed by atoms with Gasteiger partial charge in [0.25, 0.3) is 5.69 Å². The molecule has 28 heavy (non-hydrogen) atoms. The monoisotopic (exact) mass is 411 g/mol. The highest BCUT2D eigenvalue weighted by Gasteiger charge is 2.30. The zero-order valence-corrected chi connectivity index (χ0v) is 17.2. The number of nitro groups is 1. The van der Waals surface area contributed by atoms with Crippen molar-refractivity contribution in [1.82, 2.24) is 4.31 Å². The van der Waals surface area contributed by atoms with Gasteiger partial charge in [-0.3, -0.25) is 10.1 Å². The third-order valence-corrected chi connectivity index (χ3v) is 7.36. The molecule has 3 rings (SSSR count). The Hall–Kier alpha value is -1.71. The van der Waals surface area contributed by atoms with Crippen LogP contribution in [0.4, 0.5) is 11.4 Å². The first-order valence-corrected chi connectivity index (χ1v) is 11.5. The van der Waals surface area contributed by atoms with Crippen LogP contribution in [0.1, 0.15) is 45.4 Å². The summed E-state index contributed by atoms with van der Waals surface area (Å²) in [6.45, 7) is 4.76. The van der Waals surface area contributed by atoms with Gasteiger partial charge >= 0.3 is 0 Å². The van der Waals surface area contributed by atoms with E-state index in [2.05, 4.69) is 0 Å². The Labute approximate surface area is 166 Å². The standard InChI is InChI=1S/C19H29N3O5S/c1-2-27-16-8-7-11-20(15-16)18-10-9-17(14-19(18)22(23)24)28(25,26)21-12-5-3-4-6-13-21/h9-10,14,16H,2-8,11-13,15H2,1H3. The number of hydrogen-bond donors (Lipinski definition) is 0. The van der Waals surface area contributed by atoms with Crippen molar-refractivity contribution in [3.8, 4) is 0 Å². The molecule has 0 N–H and O–H groups in total. The molecule has 9 heteroatoms. The van der Waals surface area contributed by atoms with Crippen LogP contribution in [0.2, 0.25) is 0 Å². The first-order chi connectivity index (χ1) is 13.4. The lowest BCUT2D eigenvalue weighted by atomic mass is 10.1. The highest BCUT2D eigenvalue weighted by Crippen LogP contribution is 2.34. The van der Waals surface area contributed by atoms with Crippen LogP contribution < -0.4 is 4.90 Å². The van der Waals surface area contributed by atoms with Gasteiger partial charge < -0.3 is 9.64 Å². The van der Waals surface area contributed by atoms with E-state index in [-0.39, 0.29) is 16.7 Å². The van der Waals surface area contributed by atoms with Gasteiger partial charge in [-0.25, -0.2) is 8.42 Å². The van der Waals surface area contributed by atoms with Gasteiger partial charge in [-0.1, -0.05) is 12.8 Å². The second-order valence-electron chi connectivity index (χ2n) is 7.39. The van der Waals surface area contributed by atoms with Crippen LogP contribution >= 0.6 is 0 Å². The number of anilines is 1. The Morgan fingerprint density at radius 2 is 1.86 bits per heavy atom. The summed E-state index contributed by atoms with van der Waals surface area (Å²) in [5.74, 6) is 0. The molecule has 2 aliphatic rings. The molecule has 1 unspecified atom stereocenters. The number of rotatable bonds is 6. The lowest BCUT2D eigenvalue weighted by Gasteiger charge is -2.33. The zero-order chi connectivity index (χ0) is 20.1. The smallest absolute Gasteiger partial charge is 0.293 e. The Bertz CT molecular complexity index is 789. The van der Waals surface area contributed by atoms with Gasteiger partial charge in [0.05, 0.1) is 15.9 Å². The van der Waals surface area contributed by atoms with Gasteiger partial charge in [-0.15, -0.1) is 0 Å². The Morgan fingerprint density at radius 3 is 2.50 bits per heavy atom. The van der Waals surface area contributed by atoms with Crippen LogP contribution in [0.3, 0.4) is 0 Å². The van der Waals surface area contributed by atoms with E-state index in [1.807, 2.05) is 11.8 Å². The molecule has 0 aromatic heterocycles. The van der Waals surface area contributed by atoms with E-state index >= 15 is 0 Å². The maximum Gasteiger partial charge on any atom is 0.293 e. The summed E-state index contributed by atoms with van der Waals surface area (Å²) in [7, 11) is -3.72. The number of hydrogen-bond acceptors (Lipinski definition) is 6. The minimum atomic E-state index is -3.72. The molecule has 2 aliphatic heterocycles. The topological polar surface area (TPSA) is 93.0 Å². The van der Waals surface area contributed by atoms with E-state index in [1.165, 1.54) is 16.4 Å². The summed E-state index contributed by atoms with van der Waals surface area (Å²) >= 11 is 0. The van der Waals surface area contributed by atoms with Gasteiger partial charge in [0.1, 0.15) is 5.69 Å². The van der Waals surface area contributed by atoms with Crippen molar-refractivity contribution in [2.75, 3.05) is 37.7 Å². The number of sulfonamides is 1. The van der Waals surface area contributed by atoms with Gasteiger partial charge in [0.15, 0.2) is 0 Å². The van der Waals surface area contributed by atoms with Crippen molar-refractivity contribution < 1.29 is 18.1 Å². The van der Waals surface area contributed by atoms with Crippen LogP contribution in [0.15, 0.2) is 23.1 Å². The van der Waals surface area contributed by atoms with Gasteiger partial charge in [-0.05, 0) is 44.7 Å². The number of benzene rings is 1. The number of nitro benzene ring substituents is 1. The maximum atomic E-state index is 13.0. The molecule has 2 heterocycles. The number of nitrogens with zero attached hydrogens (tertiary/aromatic N) is 3. The van der Waals surface area contributed by atoms with Gasteiger partial charge in [0.2, 0.25) is 10.0 Å². The molecule has 1 aromatic rings. The molecule has 2 fully saturated rings. The molecule has 0 radical (unpaired) electrons. The normalized spacial score (nSPS) is 22.0. The predicted octanol–water partition coefficient (Wildman–Crippen LogP) is 3.16. The van der Waals surface area contributed by atoms with Crippen molar-refractivity contribution in [2.45, 2.75) is 56.4 Å². The fourth-order valence-corrected chi connectivity index (χ4v) is 5.57. The van der Waals surface area contributed by atoms with Crippen molar-refractivity contribution in [3.63, 3.8) is 0 Å². The molecule has 0 aliphatic carbocycles. The largest absolute Gasteiger partial charge is 0.377 e. The van der Waals surface area contributed by atoms with Crippen molar-refractivity contribution >= 4 is 21.4 Å². The molecule has 0 saturated carbocycles. The molecule has 156 valence electrons. The molecular weight excluding hydrogens is 382 g/mol. The summed E-state index contributed by atoms with van der Waals surface area (Å²) in [4.78, 5) is 13.2. The third-order valence-electron chi connectivity index (χ3n) is 5.47. The van der Waals surface area contributed by atoms with E-state index in [0.717, 1.165) is 38.5 Å². The summed E-state index contributed by atoms with van der Waals surface area (Å²) in [6, 6.07) is 4.31. The van der Waals surface area contributed by atoms with E-state index in [4.69, 9.17) is 4.74 Å². The van der Waals surface area contributed by atoms with Crippen LogP contribution in [0.25, 0.3) is 0 Å². The minimum Gasteiger partial charge on any atom is -0.377 e. The summed E-state index contributed by atoms with van der Waals surface area (Å²) in [5.41, 5.74) is 0.303. The Balaban J connectivity index is 1.89. The zero-order valence-electron chi connectivity index (χ0n) is 16.4. The second-order valence-corrected chi connectivity index (χ2v) is 9.33. The quantitative estimate of drug-likeness (QED) is 0.527. The van der Waals surface area contributed by atoms with Crippen molar-refractivity contribution in [3.05, 3.63) is 28.3 Å². The van der Waals surface area contributed by atoms with Gasteiger partial charge in [0, 0.05) is 38.9 Å². The van der Waals surface area contributed by atoms with Crippen molar-refractivity contribution in [2.24, 2.45) is 0 Å². The Kier molecular flexibility index (Phi) is 6.90. The maximum absolute atomic E-state index is 13.0. The molecule has 8 nitrogen and oxygen atoms in total. The second kappa shape index (κ2) is 9.19. The van der Waals surface area contributed by atoms with E-state index in [9.17, 15) is 18.5 Å². The summed E-state index contributed by atoms with van der Waals surface area (Å²) in [5, 5.41) is 11.7. The molecular formula is C19H29N3O5S. The number of ether oxygens (including phenoxy) is 1. The summed E-state index contributed by atoms with van der Waals surface area (Å²) in [6.07, 6.45) is 5.54. The molecule has 1 atom stereocenters. The van der Waals surface area contributed by atoms with E-state index in [0.29, 0.717) is 38.5 Å². The Morgan fingerprint density at radius 1 is 1.14 bits per heavy atom. The first kappa shape index (κ1) is 21.0. The summed E-state index contributed by atoms with van der Waals surface area (Å²) < 4.78 is 33.2. The SMILES string of the molecule is CCOC1CCCN(c2ccc(S(=O)(=O)N3CCCCCC3)cc2[N+](=O)[O-])C1. The average molecular weight is 412 g/mol. The van der Waals surface area contributed by atoms with E-state index in [1.54, 1.807) is 6.07 Å².